The monoisotopic (exact) mass is 403 g/mol. The number of nitrogens with one attached hydrogen (secondary N) is 1. The van der Waals surface area contributed by atoms with Crippen molar-refractivity contribution in [1.29, 1.82) is 0 Å². The molecule has 0 spiro atoms. The summed E-state index contributed by atoms with van der Waals surface area (Å²) >= 11 is 3.89. The van der Waals surface area contributed by atoms with Gasteiger partial charge in [0.15, 0.2) is 18.1 Å². The molecule has 2 aromatic carbocycles. The molecule has 0 aliphatic carbocycles. The van der Waals surface area contributed by atoms with Gasteiger partial charge in [-0.3, -0.25) is 4.79 Å². The normalized spacial score (nSPS) is 14.4. The van der Waals surface area contributed by atoms with Gasteiger partial charge < -0.3 is 14.8 Å². The predicted octanol–water partition coefficient (Wildman–Crippen LogP) is 5.31. The van der Waals surface area contributed by atoms with Crippen LogP contribution < -0.4 is 14.8 Å². The highest BCUT2D eigenvalue weighted by molar-refractivity contribution is 8.19. The zero-order valence-corrected chi connectivity index (χ0v) is 17.5. The standard InChI is InChI=1S/C21H25NO3S2/c1-14(2)16-6-4-5-7-17(16)22-20(23)13-25-18-9-8-15(12-19(18)24-3)21-26-10-11-27-21/h4-9,12,14,21H,10-11,13H2,1-3H3,(H,22,23). The van der Waals surface area contributed by atoms with Gasteiger partial charge in [-0.1, -0.05) is 38.1 Å². The minimum Gasteiger partial charge on any atom is -0.493 e. The van der Waals surface area contributed by atoms with E-state index in [4.69, 9.17) is 9.47 Å². The second kappa shape index (κ2) is 9.42. The van der Waals surface area contributed by atoms with Crippen molar-refractivity contribution in [2.45, 2.75) is 24.3 Å². The van der Waals surface area contributed by atoms with Crippen molar-refractivity contribution in [1.82, 2.24) is 0 Å². The summed E-state index contributed by atoms with van der Waals surface area (Å²) in [6.07, 6.45) is 0. The average Bonchev–Trinajstić information content (AvgIpc) is 3.21. The van der Waals surface area contributed by atoms with Gasteiger partial charge in [-0.25, -0.2) is 0 Å². The van der Waals surface area contributed by atoms with E-state index in [1.807, 2.05) is 59.9 Å². The third-order valence-corrected chi connectivity index (χ3v) is 7.40. The summed E-state index contributed by atoms with van der Waals surface area (Å²) in [5.41, 5.74) is 3.17. The molecule has 144 valence electrons. The van der Waals surface area contributed by atoms with Crippen LogP contribution in [-0.4, -0.2) is 31.1 Å². The third kappa shape index (κ3) is 5.14. The number of para-hydroxylation sites is 1. The number of rotatable bonds is 7. The Bertz CT molecular complexity index is 789. The second-order valence-corrected chi connectivity index (χ2v) is 9.29. The number of anilines is 1. The molecule has 0 unspecified atom stereocenters. The second-order valence-electron chi connectivity index (χ2n) is 6.56. The molecule has 1 saturated heterocycles. The van der Waals surface area contributed by atoms with E-state index in [0.29, 0.717) is 22.0 Å². The smallest absolute Gasteiger partial charge is 0.262 e. The lowest BCUT2D eigenvalue weighted by atomic mass is 10.0. The van der Waals surface area contributed by atoms with E-state index >= 15 is 0 Å². The van der Waals surface area contributed by atoms with Crippen LogP contribution >= 0.6 is 23.5 Å². The summed E-state index contributed by atoms with van der Waals surface area (Å²) in [5, 5.41) is 2.94. The number of carbonyl (C=O) groups excluding carboxylic acids is 1. The molecular weight excluding hydrogens is 378 g/mol. The molecule has 4 nitrogen and oxygen atoms in total. The molecule has 1 N–H and O–H groups in total. The van der Waals surface area contributed by atoms with E-state index in [9.17, 15) is 4.79 Å². The van der Waals surface area contributed by atoms with Gasteiger partial charge in [0.05, 0.1) is 11.7 Å². The zero-order chi connectivity index (χ0) is 19.2. The van der Waals surface area contributed by atoms with Crippen LogP contribution in [0.1, 0.15) is 35.5 Å². The first kappa shape index (κ1) is 20.0. The molecule has 1 amide bonds. The van der Waals surface area contributed by atoms with Gasteiger partial charge in [0.25, 0.3) is 5.91 Å². The van der Waals surface area contributed by atoms with Crippen molar-refractivity contribution in [2.24, 2.45) is 0 Å². The maximum absolute atomic E-state index is 12.4. The highest BCUT2D eigenvalue weighted by atomic mass is 32.2. The minimum absolute atomic E-state index is 0.0605. The van der Waals surface area contributed by atoms with Crippen molar-refractivity contribution in [3.63, 3.8) is 0 Å². The maximum Gasteiger partial charge on any atom is 0.262 e. The number of hydrogen-bond acceptors (Lipinski definition) is 5. The Morgan fingerprint density at radius 2 is 1.89 bits per heavy atom. The fourth-order valence-electron chi connectivity index (χ4n) is 2.94. The van der Waals surface area contributed by atoms with Crippen LogP contribution in [0.4, 0.5) is 5.69 Å². The van der Waals surface area contributed by atoms with Crippen molar-refractivity contribution in [3.05, 3.63) is 53.6 Å². The highest BCUT2D eigenvalue weighted by Crippen LogP contribution is 2.46. The van der Waals surface area contributed by atoms with Crippen LogP contribution in [-0.2, 0) is 4.79 Å². The summed E-state index contributed by atoms with van der Waals surface area (Å²) < 4.78 is 11.6. The number of amides is 1. The Hall–Kier alpha value is -1.79. The molecule has 6 heteroatoms. The molecule has 2 aromatic rings. The number of carbonyl (C=O) groups is 1. The molecule has 0 saturated carbocycles. The van der Waals surface area contributed by atoms with E-state index in [-0.39, 0.29) is 12.5 Å². The summed E-state index contributed by atoms with van der Waals surface area (Å²) in [6, 6.07) is 13.8. The highest BCUT2D eigenvalue weighted by Gasteiger charge is 2.20. The van der Waals surface area contributed by atoms with Gasteiger partial charge in [-0.2, -0.15) is 0 Å². The van der Waals surface area contributed by atoms with Crippen LogP contribution in [0.2, 0.25) is 0 Å². The first-order valence-corrected chi connectivity index (χ1v) is 11.1. The van der Waals surface area contributed by atoms with E-state index in [2.05, 4.69) is 25.2 Å². The summed E-state index contributed by atoms with van der Waals surface area (Å²) in [7, 11) is 1.62. The minimum atomic E-state index is -0.184. The Labute approximate surface area is 169 Å². The topological polar surface area (TPSA) is 47.6 Å². The van der Waals surface area contributed by atoms with Gasteiger partial charge in [0, 0.05) is 17.2 Å². The fraction of sp³-hybridized carbons (Fsp3) is 0.381. The Kier molecular flexibility index (Phi) is 6.96. The van der Waals surface area contributed by atoms with Crippen molar-refractivity contribution < 1.29 is 14.3 Å². The van der Waals surface area contributed by atoms with E-state index in [1.54, 1.807) is 7.11 Å². The molecule has 0 aromatic heterocycles. The van der Waals surface area contributed by atoms with Crippen molar-refractivity contribution in [3.8, 4) is 11.5 Å². The molecule has 0 bridgehead atoms. The number of thioether (sulfide) groups is 2. The molecular formula is C21H25NO3S2. The molecule has 1 aliphatic rings. The number of ether oxygens (including phenoxy) is 2. The lowest BCUT2D eigenvalue weighted by molar-refractivity contribution is -0.118. The Morgan fingerprint density at radius 3 is 2.59 bits per heavy atom. The van der Waals surface area contributed by atoms with Crippen molar-refractivity contribution in [2.75, 3.05) is 30.5 Å². The SMILES string of the molecule is COc1cc(C2SCCS2)ccc1OCC(=O)Nc1ccccc1C(C)C. The largest absolute Gasteiger partial charge is 0.493 e. The van der Waals surface area contributed by atoms with Gasteiger partial charge >= 0.3 is 0 Å². The van der Waals surface area contributed by atoms with Crippen LogP contribution in [0.3, 0.4) is 0 Å². The number of methoxy groups -OCH3 is 1. The maximum atomic E-state index is 12.4. The lowest BCUT2D eigenvalue weighted by Gasteiger charge is -2.16. The van der Waals surface area contributed by atoms with Crippen LogP contribution in [0.15, 0.2) is 42.5 Å². The summed E-state index contributed by atoms with van der Waals surface area (Å²) in [6.45, 7) is 4.15. The summed E-state index contributed by atoms with van der Waals surface area (Å²) in [4.78, 5) is 12.4. The molecule has 0 radical (unpaired) electrons. The van der Waals surface area contributed by atoms with Gasteiger partial charge in [-0.15, -0.1) is 23.5 Å². The van der Waals surface area contributed by atoms with E-state index in [1.165, 1.54) is 17.1 Å². The Morgan fingerprint density at radius 1 is 1.15 bits per heavy atom. The van der Waals surface area contributed by atoms with Gasteiger partial charge in [-0.05, 0) is 35.2 Å². The predicted molar refractivity (Wildman–Crippen MR) is 115 cm³/mol. The van der Waals surface area contributed by atoms with Crippen LogP contribution in [0.25, 0.3) is 0 Å². The fourth-order valence-corrected chi connectivity index (χ4v) is 5.78. The quantitative estimate of drug-likeness (QED) is 0.678. The summed E-state index contributed by atoms with van der Waals surface area (Å²) in [5.74, 6) is 3.75. The molecule has 1 aliphatic heterocycles. The van der Waals surface area contributed by atoms with E-state index in [0.717, 1.165) is 11.3 Å². The molecule has 3 rings (SSSR count). The molecule has 0 atom stereocenters. The lowest BCUT2D eigenvalue weighted by Crippen LogP contribution is -2.21. The Balaban J connectivity index is 1.63. The molecule has 1 fully saturated rings. The van der Waals surface area contributed by atoms with Gasteiger partial charge in [0.2, 0.25) is 0 Å². The zero-order valence-electron chi connectivity index (χ0n) is 15.9. The van der Waals surface area contributed by atoms with Crippen molar-refractivity contribution >= 4 is 35.1 Å². The van der Waals surface area contributed by atoms with Gasteiger partial charge in [0.1, 0.15) is 0 Å². The third-order valence-electron chi connectivity index (χ3n) is 4.30. The van der Waals surface area contributed by atoms with E-state index < -0.39 is 0 Å². The molecule has 1 heterocycles. The molecule has 27 heavy (non-hydrogen) atoms. The number of hydrogen-bond donors (Lipinski definition) is 1. The number of benzene rings is 2. The van der Waals surface area contributed by atoms with Crippen LogP contribution in [0, 0.1) is 0 Å². The van der Waals surface area contributed by atoms with Crippen LogP contribution in [0.5, 0.6) is 11.5 Å². The first-order valence-electron chi connectivity index (χ1n) is 9.01. The average molecular weight is 404 g/mol. The first-order chi connectivity index (χ1) is 13.1.